The van der Waals surface area contributed by atoms with Crippen molar-refractivity contribution >= 4 is 22.2 Å². The van der Waals surface area contributed by atoms with Gasteiger partial charge in [0.2, 0.25) is 0 Å². The van der Waals surface area contributed by atoms with Gasteiger partial charge in [-0.3, -0.25) is 4.79 Å². The molecule has 1 unspecified atom stereocenters. The van der Waals surface area contributed by atoms with Crippen molar-refractivity contribution in [2.75, 3.05) is 0 Å². The molecule has 0 radical (unpaired) electrons. The normalized spacial score (nSPS) is 16.7. The number of hydrogen-bond acceptors (Lipinski definition) is 2. The van der Waals surface area contributed by atoms with Crippen molar-refractivity contribution in [3.63, 3.8) is 0 Å². The monoisotopic (exact) mass is 390 g/mol. The van der Waals surface area contributed by atoms with Crippen LogP contribution in [-0.4, -0.2) is 12.4 Å². The number of carbonyl (C=O) groups excluding carboxylic acids is 1. The molecule has 0 N–H and O–H groups in total. The molecule has 0 saturated heterocycles. The number of halogens is 2. The molecule has 1 heterocycles. The van der Waals surface area contributed by atoms with E-state index in [1.54, 1.807) is 12.1 Å². The topological polar surface area (TPSA) is 26.3 Å². The molecule has 3 rings (SSSR count). The molecule has 2 aromatic rings. The fraction of sp³-hybridized carbons (Fsp3) is 0.350. The van der Waals surface area contributed by atoms with Crippen molar-refractivity contribution in [1.29, 1.82) is 0 Å². The molecule has 24 heavy (non-hydrogen) atoms. The van der Waals surface area contributed by atoms with Gasteiger partial charge in [0.15, 0.2) is 6.29 Å². The Morgan fingerprint density at radius 3 is 2.42 bits per heavy atom. The maximum Gasteiger partial charge on any atom is 0.154 e. The predicted octanol–water partition coefficient (Wildman–Crippen LogP) is 5.69. The van der Waals surface area contributed by atoms with Crippen molar-refractivity contribution in [2.45, 2.75) is 45.6 Å². The number of fused-ring (bicyclic) bond motifs is 1. The third-order valence-corrected chi connectivity index (χ3v) is 5.13. The maximum absolute atomic E-state index is 13.3. The Hall–Kier alpha value is -1.68. The molecule has 0 bridgehead atoms. The van der Waals surface area contributed by atoms with E-state index < -0.39 is 0 Å². The van der Waals surface area contributed by atoms with Gasteiger partial charge < -0.3 is 4.74 Å². The lowest BCUT2D eigenvalue weighted by atomic mass is 9.79. The molecule has 1 aliphatic rings. The lowest BCUT2D eigenvalue weighted by molar-refractivity contribution is 0.111. The van der Waals surface area contributed by atoms with Crippen LogP contribution in [0.15, 0.2) is 28.7 Å². The lowest BCUT2D eigenvalue weighted by Crippen LogP contribution is -2.16. The fourth-order valence-electron chi connectivity index (χ4n) is 3.42. The highest BCUT2D eigenvalue weighted by Gasteiger charge is 2.34. The Morgan fingerprint density at radius 2 is 1.88 bits per heavy atom. The van der Waals surface area contributed by atoms with Gasteiger partial charge in [0.05, 0.1) is 5.56 Å². The third-order valence-electron chi connectivity index (χ3n) is 4.34. The first-order valence-electron chi connectivity index (χ1n) is 8.00. The van der Waals surface area contributed by atoms with Crippen molar-refractivity contribution in [3.05, 3.63) is 51.2 Å². The average Bonchev–Trinajstić information content (AvgIpc) is 2.86. The fourth-order valence-corrected chi connectivity index (χ4v) is 4.69. The Kier molecular flexibility index (Phi) is 4.28. The lowest BCUT2D eigenvalue weighted by Gasteiger charge is -2.27. The summed E-state index contributed by atoms with van der Waals surface area (Å²) in [5.74, 6) is 0.370. The number of carbonyl (C=O) groups is 1. The SMILES string of the molecule is CC1Cc2c(c(C=O)c(-c3ccc(F)cc3)c(Br)c2C(C)(C)C)O1. The van der Waals surface area contributed by atoms with Crippen LogP contribution in [0.4, 0.5) is 4.39 Å². The number of aldehydes is 1. The molecule has 0 fully saturated rings. The molecular formula is C20H20BrFO2. The van der Waals surface area contributed by atoms with Gasteiger partial charge in [-0.15, -0.1) is 0 Å². The Labute approximate surface area is 150 Å². The van der Waals surface area contributed by atoms with Gasteiger partial charge in [0.25, 0.3) is 0 Å². The van der Waals surface area contributed by atoms with Crippen LogP contribution in [0.5, 0.6) is 5.75 Å². The first-order valence-corrected chi connectivity index (χ1v) is 8.80. The van der Waals surface area contributed by atoms with E-state index in [2.05, 4.69) is 36.7 Å². The molecule has 1 atom stereocenters. The number of benzene rings is 2. The predicted molar refractivity (Wildman–Crippen MR) is 97.4 cm³/mol. The molecule has 126 valence electrons. The minimum absolute atomic E-state index is 0.0372. The van der Waals surface area contributed by atoms with Gasteiger partial charge in [-0.25, -0.2) is 4.39 Å². The van der Waals surface area contributed by atoms with E-state index in [-0.39, 0.29) is 17.3 Å². The number of ether oxygens (including phenoxy) is 1. The number of rotatable bonds is 2. The van der Waals surface area contributed by atoms with E-state index in [9.17, 15) is 9.18 Å². The number of hydrogen-bond donors (Lipinski definition) is 0. The average molecular weight is 391 g/mol. The molecule has 0 aromatic heterocycles. The second kappa shape index (κ2) is 5.99. The van der Waals surface area contributed by atoms with Crippen molar-refractivity contribution in [1.82, 2.24) is 0 Å². The van der Waals surface area contributed by atoms with Crippen LogP contribution in [0, 0.1) is 5.82 Å². The second-order valence-corrected chi connectivity index (χ2v) is 8.09. The van der Waals surface area contributed by atoms with Crippen molar-refractivity contribution < 1.29 is 13.9 Å². The van der Waals surface area contributed by atoms with E-state index in [0.717, 1.165) is 39.4 Å². The summed E-state index contributed by atoms with van der Waals surface area (Å²) >= 11 is 3.73. The van der Waals surface area contributed by atoms with Crippen LogP contribution in [0.3, 0.4) is 0 Å². The van der Waals surface area contributed by atoms with Gasteiger partial charge in [0, 0.05) is 22.0 Å². The summed E-state index contributed by atoms with van der Waals surface area (Å²) in [5, 5.41) is 0. The highest BCUT2D eigenvalue weighted by Crippen LogP contribution is 2.49. The summed E-state index contributed by atoms with van der Waals surface area (Å²) in [6.45, 7) is 8.44. The molecule has 0 spiro atoms. The van der Waals surface area contributed by atoms with E-state index in [1.165, 1.54) is 12.1 Å². The Morgan fingerprint density at radius 1 is 1.25 bits per heavy atom. The standard InChI is InChI=1S/C20H20BrFO2/c1-11-9-14-17(20(2,3)4)18(21)16(15(10-23)19(14)24-11)12-5-7-13(22)8-6-12/h5-8,10-11H,9H2,1-4H3. The van der Waals surface area contributed by atoms with Crippen molar-refractivity contribution in [2.24, 2.45) is 0 Å². The minimum Gasteiger partial charge on any atom is -0.489 e. The Bertz CT molecular complexity index is 804. The van der Waals surface area contributed by atoms with Crippen LogP contribution >= 0.6 is 15.9 Å². The smallest absolute Gasteiger partial charge is 0.154 e. The van der Waals surface area contributed by atoms with Gasteiger partial charge in [-0.2, -0.15) is 0 Å². The van der Waals surface area contributed by atoms with Gasteiger partial charge in [-0.1, -0.05) is 32.9 Å². The first-order chi connectivity index (χ1) is 11.2. The summed E-state index contributed by atoms with van der Waals surface area (Å²) in [4.78, 5) is 11.9. The van der Waals surface area contributed by atoms with Crippen molar-refractivity contribution in [3.8, 4) is 16.9 Å². The van der Waals surface area contributed by atoms with Gasteiger partial charge in [-0.05, 0) is 51.5 Å². The summed E-state index contributed by atoms with van der Waals surface area (Å²) in [6, 6.07) is 6.20. The zero-order valence-electron chi connectivity index (χ0n) is 14.2. The molecule has 0 saturated carbocycles. The highest BCUT2D eigenvalue weighted by molar-refractivity contribution is 9.10. The quantitative estimate of drug-likeness (QED) is 0.615. The van der Waals surface area contributed by atoms with Crippen LogP contribution in [0.2, 0.25) is 0 Å². The highest BCUT2D eigenvalue weighted by atomic mass is 79.9. The van der Waals surface area contributed by atoms with Crippen LogP contribution in [0.25, 0.3) is 11.1 Å². The van der Waals surface area contributed by atoms with E-state index in [4.69, 9.17) is 4.74 Å². The first kappa shape index (κ1) is 17.2. The molecule has 4 heteroatoms. The van der Waals surface area contributed by atoms with Crippen LogP contribution in [0.1, 0.15) is 49.2 Å². The summed E-state index contributed by atoms with van der Waals surface area (Å²) in [7, 11) is 0. The maximum atomic E-state index is 13.3. The minimum atomic E-state index is -0.301. The van der Waals surface area contributed by atoms with E-state index >= 15 is 0 Å². The zero-order chi connectivity index (χ0) is 17.6. The Balaban J connectivity index is 2.39. The van der Waals surface area contributed by atoms with E-state index in [1.807, 2.05) is 6.92 Å². The largest absolute Gasteiger partial charge is 0.489 e. The summed E-state index contributed by atoms with van der Waals surface area (Å²) in [5.41, 5.74) is 4.21. The zero-order valence-corrected chi connectivity index (χ0v) is 15.8. The molecule has 0 amide bonds. The van der Waals surface area contributed by atoms with Crippen LogP contribution in [-0.2, 0) is 11.8 Å². The van der Waals surface area contributed by atoms with Gasteiger partial charge in [0.1, 0.15) is 17.7 Å². The van der Waals surface area contributed by atoms with Crippen LogP contribution < -0.4 is 4.74 Å². The van der Waals surface area contributed by atoms with Gasteiger partial charge >= 0.3 is 0 Å². The second-order valence-electron chi connectivity index (χ2n) is 7.29. The molecule has 1 aliphatic heterocycles. The third kappa shape index (κ3) is 2.77. The summed E-state index contributed by atoms with van der Waals surface area (Å²) < 4.78 is 20.2. The molecular weight excluding hydrogens is 371 g/mol. The van der Waals surface area contributed by atoms with E-state index in [0.29, 0.717) is 11.3 Å². The molecule has 2 nitrogen and oxygen atoms in total. The summed E-state index contributed by atoms with van der Waals surface area (Å²) in [6.07, 6.45) is 1.66. The molecule has 2 aromatic carbocycles. The molecule has 0 aliphatic carbocycles.